The van der Waals surface area contributed by atoms with E-state index in [0.29, 0.717) is 6.04 Å². The third kappa shape index (κ3) is 1.93. The van der Waals surface area contributed by atoms with Crippen molar-refractivity contribution >= 4 is 11.3 Å². The number of benzene rings is 1. The van der Waals surface area contributed by atoms with E-state index in [1.807, 2.05) is 16.8 Å². The first-order valence-corrected chi connectivity index (χ1v) is 7.02. The molecular formula is C16H16N4. The first-order chi connectivity index (χ1) is 9.90. The average molecular weight is 264 g/mol. The molecule has 4 rings (SSSR count). The third-order valence-corrected chi connectivity index (χ3v) is 4.01. The van der Waals surface area contributed by atoms with E-state index in [9.17, 15) is 0 Å². The summed E-state index contributed by atoms with van der Waals surface area (Å²) in [6.45, 7) is 0. The van der Waals surface area contributed by atoms with Crippen LogP contribution in [0.15, 0.2) is 48.9 Å². The average Bonchev–Trinajstić information content (AvgIpc) is 2.97. The lowest BCUT2D eigenvalue weighted by Crippen LogP contribution is -2.27. The Balaban J connectivity index is 1.60. The lowest BCUT2D eigenvalue weighted by atomic mass is 9.88. The van der Waals surface area contributed by atoms with E-state index in [0.717, 1.165) is 30.6 Å². The van der Waals surface area contributed by atoms with Crippen molar-refractivity contribution in [1.82, 2.24) is 14.6 Å². The van der Waals surface area contributed by atoms with Crippen LogP contribution < -0.4 is 5.32 Å². The van der Waals surface area contributed by atoms with Gasteiger partial charge in [-0.25, -0.2) is 9.50 Å². The summed E-state index contributed by atoms with van der Waals surface area (Å²) in [4.78, 5) is 4.46. The molecule has 0 fully saturated rings. The van der Waals surface area contributed by atoms with Crippen LogP contribution in [0.2, 0.25) is 0 Å². The molecule has 1 aliphatic rings. The zero-order valence-electron chi connectivity index (χ0n) is 11.2. The highest BCUT2D eigenvalue weighted by atomic mass is 15.2. The van der Waals surface area contributed by atoms with Gasteiger partial charge in [0.05, 0.1) is 6.20 Å². The summed E-state index contributed by atoms with van der Waals surface area (Å²) in [5.41, 5.74) is 3.98. The summed E-state index contributed by atoms with van der Waals surface area (Å²) in [5, 5.41) is 7.82. The van der Waals surface area contributed by atoms with E-state index in [-0.39, 0.29) is 0 Å². The molecule has 100 valence electrons. The molecule has 20 heavy (non-hydrogen) atoms. The summed E-state index contributed by atoms with van der Waals surface area (Å²) < 4.78 is 1.85. The molecule has 0 saturated carbocycles. The second kappa shape index (κ2) is 4.63. The molecule has 0 amide bonds. The van der Waals surface area contributed by atoms with Crippen molar-refractivity contribution in [1.29, 1.82) is 0 Å². The predicted octanol–water partition coefficient (Wildman–Crippen LogP) is 2.70. The number of fused-ring (bicyclic) bond motifs is 2. The molecular weight excluding hydrogens is 248 g/mol. The highest BCUT2D eigenvalue weighted by Gasteiger charge is 2.19. The maximum Gasteiger partial charge on any atom is 0.152 e. The Morgan fingerprint density at radius 3 is 2.95 bits per heavy atom. The van der Waals surface area contributed by atoms with Gasteiger partial charge in [0.25, 0.3) is 0 Å². The van der Waals surface area contributed by atoms with Crippen molar-refractivity contribution in [2.75, 3.05) is 5.32 Å². The van der Waals surface area contributed by atoms with Crippen LogP contribution >= 0.6 is 0 Å². The first kappa shape index (κ1) is 11.5. The van der Waals surface area contributed by atoms with Crippen molar-refractivity contribution in [3.05, 3.63) is 60.0 Å². The molecule has 1 N–H and O–H groups in total. The van der Waals surface area contributed by atoms with Gasteiger partial charge < -0.3 is 5.32 Å². The van der Waals surface area contributed by atoms with Gasteiger partial charge >= 0.3 is 0 Å². The molecule has 1 unspecified atom stereocenters. The number of aryl methyl sites for hydroxylation is 1. The van der Waals surface area contributed by atoms with Crippen LogP contribution in [0.3, 0.4) is 0 Å². The lowest BCUT2D eigenvalue weighted by molar-refractivity contribution is 0.609. The van der Waals surface area contributed by atoms with Crippen LogP contribution in [-0.4, -0.2) is 20.6 Å². The van der Waals surface area contributed by atoms with Gasteiger partial charge in [-0.1, -0.05) is 24.3 Å². The van der Waals surface area contributed by atoms with Crippen molar-refractivity contribution < 1.29 is 0 Å². The number of hydrogen-bond acceptors (Lipinski definition) is 3. The first-order valence-electron chi connectivity index (χ1n) is 7.02. The minimum absolute atomic E-state index is 0.443. The normalized spacial score (nSPS) is 17.9. The van der Waals surface area contributed by atoms with E-state index < -0.39 is 0 Å². The summed E-state index contributed by atoms with van der Waals surface area (Å²) in [6.07, 6.45) is 8.81. The van der Waals surface area contributed by atoms with Crippen LogP contribution in [0.1, 0.15) is 17.5 Å². The zero-order valence-corrected chi connectivity index (χ0v) is 11.2. The summed E-state index contributed by atoms with van der Waals surface area (Å²) >= 11 is 0. The van der Waals surface area contributed by atoms with E-state index >= 15 is 0 Å². The smallest absolute Gasteiger partial charge is 0.152 e. The van der Waals surface area contributed by atoms with Gasteiger partial charge in [-0.2, -0.15) is 5.10 Å². The van der Waals surface area contributed by atoms with Gasteiger partial charge in [0, 0.05) is 18.4 Å². The molecule has 4 heteroatoms. The monoisotopic (exact) mass is 264 g/mol. The van der Waals surface area contributed by atoms with Crippen LogP contribution in [-0.2, 0) is 12.8 Å². The van der Waals surface area contributed by atoms with Gasteiger partial charge in [-0.15, -0.1) is 0 Å². The highest BCUT2D eigenvalue weighted by molar-refractivity contribution is 5.67. The molecule has 1 atom stereocenters. The Morgan fingerprint density at radius 1 is 1.10 bits per heavy atom. The topological polar surface area (TPSA) is 42.2 Å². The maximum atomic E-state index is 4.46. The standard InChI is InChI=1S/C16H16N4/c1-2-4-13-11-14(6-5-12(13)3-1)19-16-15-7-8-18-20(15)10-9-17-16/h1-4,7-10,14H,5-6,11H2,(H,17,19). The summed E-state index contributed by atoms with van der Waals surface area (Å²) in [6, 6.07) is 11.2. The third-order valence-electron chi connectivity index (χ3n) is 4.01. The second-order valence-corrected chi connectivity index (χ2v) is 5.29. The summed E-state index contributed by atoms with van der Waals surface area (Å²) in [7, 11) is 0. The molecule has 0 spiro atoms. The number of anilines is 1. The molecule has 4 nitrogen and oxygen atoms in total. The predicted molar refractivity (Wildman–Crippen MR) is 78.9 cm³/mol. The van der Waals surface area contributed by atoms with Gasteiger partial charge in [0.15, 0.2) is 5.82 Å². The van der Waals surface area contributed by atoms with Gasteiger partial charge in [-0.3, -0.25) is 0 Å². The number of nitrogens with one attached hydrogen (secondary N) is 1. The molecule has 0 radical (unpaired) electrons. The fourth-order valence-electron chi connectivity index (χ4n) is 2.98. The quantitative estimate of drug-likeness (QED) is 0.774. The van der Waals surface area contributed by atoms with Crippen LogP contribution in [0.5, 0.6) is 0 Å². The molecule has 0 bridgehead atoms. The Bertz CT molecular complexity index is 747. The molecule has 0 aliphatic heterocycles. The van der Waals surface area contributed by atoms with Crippen molar-refractivity contribution in [3.63, 3.8) is 0 Å². The molecule has 2 aromatic heterocycles. The zero-order chi connectivity index (χ0) is 13.4. The summed E-state index contributed by atoms with van der Waals surface area (Å²) in [5.74, 6) is 0.925. The van der Waals surface area contributed by atoms with Crippen LogP contribution in [0.25, 0.3) is 5.52 Å². The maximum absolute atomic E-state index is 4.46. The van der Waals surface area contributed by atoms with Gasteiger partial charge in [0.1, 0.15) is 5.52 Å². The number of rotatable bonds is 2. The molecule has 3 aromatic rings. The Kier molecular flexibility index (Phi) is 2.66. The van der Waals surface area contributed by atoms with Crippen molar-refractivity contribution in [2.24, 2.45) is 0 Å². The minimum Gasteiger partial charge on any atom is -0.365 e. The molecule has 2 heterocycles. The highest BCUT2D eigenvalue weighted by Crippen LogP contribution is 2.24. The van der Waals surface area contributed by atoms with Crippen LogP contribution in [0, 0.1) is 0 Å². The second-order valence-electron chi connectivity index (χ2n) is 5.29. The molecule has 1 aliphatic carbocycles. The van der Waals surface area contributed by atoms with E-state index in [4.69, 9.17) is 0 Å². The SMILES string of the molecule is c1ccc2c(c1)CCC(Nc1nccn3nccc13)C2. The Hall–Kier alpha value is -2.36. The van der Waals surface area contributed by atoms with Crippen molar-refractivity contribution in [2.45, 2.75) is 25.3 Å². The molecule has 0 saturated heterocycles. The molecule has 1 aromatic carbocycles. The van der Waals surface area contributed by atoms with Crippen LogP contribution in [0.4, 0.5) is 5.82 Å². The Morgan fingerprint density at radius 2 is 2.00 bits per heavy atom. The minimum atomic E-state index is 0.443. The number of aromatic nitrogens is 3. The van der Waals surface area contributed by atoms with Gasteiger partial charge in [-0.05, 0) is 36.5 Å². The van der Waals surface area contributed by atoms with E-state index in [1.165, 1.54) is 11.1 Å². The van der Waals surface area contributed by atoms with Gasteiger partial charge in [0.2, 0.25) is 0 Å². The van der Waals surface area contributed by atoms with E-state index in [1.54, 1.807) is 12.4 Å². The lowest BCUT2D eigenvalue weighted by Gasteiger charge is -2.26. The fourth-order valence-corrected chi connectivity index (χ4v) is 2.98. The Labute approximate surface area is 117 Å². The fraction of sp³-hybridized carbons (Fsp3) is 0.250. The largest absolute Gasteiger partial charge is 0.365 e. The van der Waals surface area contributed by atoms with E-state index in [2.05, 4.69) is 39.7 Å². The number of nitrogens with zero attached hydrogens (tertiary/aromatic N) is 3. The number of hydrogen-bond donors (Lipinski definition) is 1. The van der Waals surface area contributed by atoms with Crippen molar-refractivity contribution in [3.8, 4) is 0 Å².